The largest absolute Gasteiger partial charge is 0.493 e. The Balaban J connectivity index is 2.15. The SMILES string of the molecule is CC[C@@H](C)c1nc2ccc(Br)cc2c(=O)n1N=Cc1cc(OC)c(OCC(N)=O)c(Cl)c1Br. The minimum atomic E-state index is -0.651. The summed E-state index contributed by atoms with van der Waals surface area (Å²) in [4.78, 5) is 29.1. The fourth-order valence-corrected chi connectivity index (χ4v) is 4.04. The van der Waals surface area contributed by atoms with Crippen molar-refractivity contribution in [3.63, 3.8) is 0 Å². The first-order valence-electron chi connectivity index (χ1n) is 9.91. The monoisotopic (exact) mass is 598 g/mol. The van der Waals surface area contributed by atoms with Gasteiger partial charge in [0, 0.05) is 20.4 Å². The Labute approximate surface area is 212 Å². The second-order valence-corrected chi connectivity index (χ2v) is 9.27. The third kappa shape index (κ3) is 5.39. The minimum absolute atomic E-state index is 0.00552. The molecule has 11 heteroatoms. The molecule has 0 spiro atoms. The molecule has 33 heavy (non-hydrogen) atoms. The van der Waals surface area contributed by atoms with Crippen LogP contribution in [0.25, 0.3) is 10.9 Å². The molecule has 0 bridgehead atoms. The van der Waals surface area contributed by atoms with Crippen LogP contribution in [0.5, 0.6) is 11.5 Å². The summed E-state index contributed by atoms with van der Waals surface area (Å²) < 4.78 is 13.3. The average Bonchev–Trinajstić information content (AvgIpc) is 2.79. The number of ether oxygens (including phenoxy) is 2. The zero-order valence-corrected chi connectivity index (χ0v) is 22.0. The molecule has 0 aliphatic heterocycles. The zero-order valence-electron chi connectivity index (χ0n) is 18.1. The molecule has 1 heterocycles. The molecular weight excluding hydrogens is 580 g/mol. The van der Waals surface area contributed by atoms with Gasteiger partial charge in [0.1, 0.15) is 10.8 Å². The topological polar surface area (TPSA) is 109 Å². The van der Waals surface area contributed by atoms with E-state index in [0.29, 0.717) is 26.8 Å². The van der Waals surface area contributed by atoms with Gasteiger partial charge in [-0.2, -0.15) is 9.78 Å². The lowest BCUT2D eigenvalue weighted by atomic mass is 10.1. The fourth-order valence-electron chi connectivity index (χ4n) is 3.03. The number of nitrogens with two attached hydrogens (primary N) is 1. The van der Waals surface area contributed by atoms with Crippen LogP contribution in [0.1, 0.15) is 37.6 Å². The van der Waals surface area contributed by atoms with E-state index >= 15 is 0 Å². The molecule has 0 saturated carbocycles. The van der Waals surface area contributed by atoms with Gasteiger partial charge in [0.05, 0.1) is 24.2 Å². The summed E-state index contributed by atoms with van der Waals surface area (Å²) in [5.41, 5.74) is 6.00. The highest BCUT2D eigenvalue weighted by molar-refractivity contribution is 9.10. The van der Waals surface area contributed by atoms with E-state index in [-0.39, 0.29) is 34.6 Å². The van der Waals surface area contributed by atoms with Crippen LogP contribution in [0, 0.1) is 0 Å². The molecule has 1 amide bonds. The molecular formula is C22H21Br2ClN4O4. The number of rotatable bonds is 8. The van der Waals surface area contributed by atoms with Gasteiger partial charge in [0.15, 0.2) is 18.1 Å². The molecule has 1 atom stereocenters. The maximum atomic E-state index is 13.3. The third-order valence-corrected chi connectivity index (χ3v) is 6.87. The molecule has 0 aliphatic carbocycles. The second-order valence-electron chi connectivity index (χ2n) is 7.18. The standard InChI is InChI=1S/C22H21Br2ClN4O4/c1-4-11(2)21-28-15-6-5-13(23)8-14(15)22(31)29(21)27-9-12-7-16(32-3)20(19(25)18(12)24)33-10-17(26)30/h5-9,11H,4,10H2,1-3H3,(H2,26,30)/t11-/m1/s1. The van der Waals surface area contributed by atoms with Crippen molar-refractivity contribution in [1.29, 1.82) is 0 Å². The highest BCUT2D eigenvalue weighted by Crippen LogP contribution is 2.42. The fraction of sp³-hybridized carbons (Fsp3) is 0.273. The zero-order chi connectivity index (χ0) is 24.3. The summed E-state index contributed by atoms with van der Waals surface area (Å²) in [5.74, 6) is 0.332. The smallest absolute Gasteiger partial charge is 0.282 e. The van der Waals surface area contributed by atoms with E-state index in [0.717, 1.165) is 10.9 Å². The Morgan fingerprint density at radius 3 is 2.73 bits per heavy atom. The molecule has 2 aromatic carbocycles. The summed E-state index contributed by atoms with van der Waals surface area (Å²) in [5, 5.41) is 5.06. The molecule has 0 radical (unpaired) electrons. The quantitative estimate of drug-likeness (QED) is 0.372. The number of nitrogens with zero attached hydrogens (tertiary/aromatic N) is 3. The minimum Gasteiger partial charge on any atom is -0.493 e. The molecule has 0 saturated heterocycles. The van der Waals surface area contributed by atoms with Crippen molar-refractivity contribution in [2.24, 2.45) is 10.8 Å². The molecule has 3 rings (SSSR count). The molecule has 3 aromatic rings. The van der Waals surface area contributed by atoms with Crippen LogP contribution in [0.15, 0.2) is 43.1 Å². The molecule has 0 fully saturated rings. The van der Waals surface area contributed by atoms with Gasteiger partial charge in [-0.05, 0) is 46.6 Å². The summed E-state index contributed by atoms with van der Waals surface area (Å²) in [6.45, 7) is 3.64. The molecule has 2 N–H and O–H groups in total. The van der Waals surface area contributed by atoms with Crippen molar-refractivity contribution < 1.29 is 14.3 Å². The van der Waals surface area contributed by atoms with E-state index in [4.69, 9.17) is 31.8 Å². The molecule has 174 valence electrons. The predicted octanol–water partition coefficient (Wildman–Crippen LogP) is 4.84. The van der Waals surface area contributed by atoms with Gasteiger partial charge in [0.2, 0.25) is 0 Å². The molecule has 0 aliphatic rings. The number of carbonyl (C=O) groups is 1. The lowest BCUT2D eigenvalue weighted by Crippen LogP contribution is -2.23. The maximum Gasteiger partial charge on any atom is 0.282 e. The van der Waals surface area contributed by atoms with Gasteiger partial charge in [-0.3, -0.25) is 9.59 Å². The van der Waals surface area contributed by atoms with E-state index in [1.54, 1.807) is 18.2 Å². The van der Waals surface area contributed by atoms with E-state index in [1.807, 2.05) is 19.9 Å². The van der Waals surface area contributed by atoms with Crippen LogP contribution in [-0.2, 0) is 4.79 Å². The van der Waals surface area contributed by atoms with Crippen LogP contribution >= 0.6 is 43.5 Å². The first kappa shape index (κ1) is 25.2. The number of benzene rings is 2. The molecule has 8 nitrogen and oxygen atoms in total. The Bertz CT molecular complexity index is 1310. The Morgan fingerprint density at radius 2 is 2.09 bits per heavy atom. The summed E-state index contributed by atoms with van der Waals surface area (Å²) >= 11 is 13.2. The number of aromatic nitrogens is 2. The van der Waals surface area contributed by atoms with Crippen LogP contribution in [0.4, 0.5) is 0 Å². The first-order valence-corrected chi connectivity index (χ1v) is 11.9. The second kappa shape index (κ2) is 10.7. The first-order chi connectivity index (χ1) is 15.7. The van der Waals surface area contributed by atoms with Gasteiger partial charge in [0.25, 0.3) is 11.5 Å². The summed E-state index contributed by atoms with van der Waals surface area (Å²) in [6.07, 6.45) is 2.26. The van der Waals surface area contributed by atoms with Crippen molar-refractivity contribution in [3.8, 4) is 11.5 Å². The van der Waals surface area contributed by atoms with Crippen molar-refractivity contribution in [2.75, 3.05) is 13.7 Å². The van der Waals surface area contributed by atoms with Crippen molar-refractivity contribution in [1.82, 2.24) is 9.66 Å². The lowest BCUT2D eigenvalue weighted by molar-refractivity contribution is -0.119. The van der Waals surface area contributed by atoms with Gasteiger partial charge in [-0.1, -0.05) is 41.4 Å². The highest BCUT2D eigenvalue weighted by Gasteiger charge is 2.19. The van der Waals surface area contributed by atoms with Crippen molar-refractivity contribution >= 4 is 66.5 Å². The van der Waals surface area contributed by atoms with Gasteiger partial charge < -0.3 is 15.2 Å². The Morgan fingerprint density at radius 1 is 1.36 bits per heavy atom. The van der Waals surface area contributed by atoms with E-state index < -0.39 is 5.91 Å². The van der Waals surface area contributed by atoms with Crippen molar-refractivity contribution in [3.05, 3.63) is 60.0 Å². The van der Waals surface area contributed by atoms with Crippen LogP contribution in [-0.4, -0.2) is 35.5 Å². The number of primary amides is 1. The van der Waals surface area contributed by atoms with Gasteiger partial charge in [-0.15, -0.1) is 0 Å². The van der Waals surface area contributed by atoms with Crippen LogP contribution < -0.4 is 20.8 Å². The predicted molar refractivity (Wildman–Crippen MR) is 136 cm³/mol. The molecule has 0 unspecified atom stereocenters. The Hall–Kier alpha value is -2.43. The van der Waals surface area contributed by atoms with E-state index in [9.17, 15) is 9.59 Å². The number of carbonyl (C=O) groups excluding carboxylic acids is 1. The number of halogens is 3. The average molecular weight is 601 g/mol. The summed E-state index contributed by atoms with van der Waals surface area (Å²) in [6, 6.07) is 6.98. The number of hydrogen-bond donors (Lipinski definition) is 1. The maximum absolute atomic E-state index is 13.3. The molecule has 1 aromatic heterocycles. The van der Waals surface area contributed by atoms with Crippen LogP contribution in [0.3, 0.4) is 0 Å². The third-order valence-electron chi connectivity index (χ3n) is 4.93. The number of methoxy groups -OCH3 is 1. The number of hydrogen-bond acceptors (Lipinski definition) is 6. The normalized spacial score (nSPS) is 12.3. The summed E-state index contributed by atoms with van der Waals surface area (Å²) in [7, 11) is 1.44. The number of amides is 1. The van der Waals surface area contributed by atoms with Crippen molar-refractivity contribution in [2.45, 2.75) is 26.2 Å². The van der Waals surface area contributed by atoms with E-state index in [2.05, 4.69) is 37.0 Å². The van der Waals surface area contributed by atoms with E-state index in [1.165, 1.54) is 18.0 Å². The van der Waals surface area contributed by atoms with Gasteiger partial charge in [-0.25, -0.2) is 4.98 Å². The lowest BCUT2D eigenvalue weighted by Gasteiger charge is -2.15. The van der Waals surface area contributed by atoms with Gasteiger partial charge >= 0.3 is 0 Å². The Kier molecular flexibility index (Phi) is 8.14. The number of fused-ring (bicyclic) bond motifs is 1. The van der Waals surface area contributed by atoms with Crippen LogP contribution in [0.2, 0.25) is 5.02 Å². The highest BCUT2D eigenvalue weighted by atomic mass is 79.9.